The highest BCUT2D eigenvalue weighted by Gasteiger charge is 2.34. The van der Waals surface area contributed by atoms with Crippen LogP contribution in [0.25, 0.3) is 0 Å². The van der Waals surface area contributed by atoms with E-state index < -0.39 is 28.5 Å². The van der Waals surface area contributed by atoms with E-state index in [4.69, 9.17) is 9.47 Å². The van der Waals surface area contributed by atoms with Crippen molar-refractivity contribution >= 4 is 27.5 Å². The lowest BCUT2D eigenvalue weighted by Gasteiger charge is -2.33. The molecule has 0 bridgehead atoms. The number of amides is 2. The minimum absolute atomic E-state index is 0.00506. The topological polar surface area (TPSA) is 105 Å². The average molecular weight is 582 g/mol. The largest absolute Gasteiger partial charge is 0.497 e. The Morgan fingerprint density at radius 3 is 2.24 bits per heavy atom. The van der Waals surface area contributed by atoms with Crippen LogP contribution in [0.1, 0.15) is 38.3 Å². The molecule has 10 heteroatoms. The standard InChI is InChI=1S/C31H39N3O6S/c1-7-23(3)32-31(36)24(4)33(20-25-13-11-12-22(2)18-25)30(35)21-34(41(37,38)27-14-9-8-10-15-27)28-19-26(39-5)16-17-29(28)40-6/h8-19,23-24H,7,20-21H2,1-6H3,(H,32,36)/t23-,24-/m1/s1. The molecule has 0 unspecified atom stereocenters. The first kappa shape index (κ1) is 31.5. The maximum atomic E-state index is 14.1. The van der Waals surface area contributed by atoms with E-state index in [1.54, 1.807) is 37.3 Å². The molecule has 0 aliphatic heterocycles. The summed E-state index contributed by atoms with van der Waals surface area (Å²) in [7, 11) is -1.35. The van der Waals surface area contributed by atoms with E-state index in [0.717, 1.165) is 21.9 Å². The highest BCUT2D eigenvalue weighted by Crippen LogP contribution is 2.36. The fourth-order valence-electron chi connectivity index (χ4n) is 4.28. The van der Waals surface area contributed by atoms with Crippen LogP contribution in [0.2, 0.25) is 0 Å². The van der Waals surface area contributed by atoms with Crippen LogP contribution >= 0.6 is 0 Å². The Labute approximate surface area is 243 Å². The van der Waals surface area contributed by atoms with E-state index in [2.05, 4.69) is 5.32 Å². The van der Waals surface area contributed by atoms with Crippen LogP contribution in [0.3, 0.4) is 0 Å². The highest BCUT2D eigenvalue weighted by atomic mass is 32.2. The van der Waals surface area contributed by atoms with Gasteiger partial charge >= 0.3 is 0 Å². The maximum absolute atomic E-state index is 14.1. The summed E-state index contributed by atoms with van der Waals surface area (Å²) in [5.74, 6) is -0.246. The number of benzene rings is 3. The van der Waals surface area contributed by atoms with E-state index in [9.17, 15) is 18.0 Å². The van der Waals surface area contributed by atoms with Gasteiger partial charge in [-0.2, -0.15) is 0 Å². The molecule has 3 aromatic carbocycles. The molecule has 0 saturated heterocycles. The van der Waals surface area contributed by atoms with E-state index in [-0.39, 0.29) is 34.8 Å². The number of nitrogens with zero attached hydrogens (tertiary/aromatic N) is 2. The molecule has 2 atom stereocenters. The zero-order valence-electron chi connectivity index (χ0n) is 24.5. The minimum Gasteiger partial charge on any atom is -0.497 e. The monoisotopic (exact) mass is 581 g/mol. The van der Waals surface area contributed by atoms with Crippen molar-refractivity contribution in [1.29, 1.82) is 0 Å². The van der Waals surface area contributed by atoms with Crippen molar-refractivity contribution in [3.8, 4) is 11.5 Å². The van der Waals surface area contributed by atoms with Gasteiger partial charge in [0.25, 0.3) is 10.0 Å². The van der Waals surface area contributed by atoms with Gasteiger partial charge in [0.1, 0.15) is 24.1 Å². The molecule has 0 aliphatic rings. The molecule has 0 aliphatic carbocycles. The Kier molecular flexibility index (Phi) is 10.8. The third kappa shape index (κ3) is 7.79. The van der Waals surface area contributed by atoms with Gasteiger partial charge in [-0.25, -0.2) is 8.42 Å². The number of aryl methyl sites for hydroxylation is 1. The number of sulfonamides is 1. The quantitative estimate of drug-likeness (QED) is 0.318. The van der Waals surface area contributed by atoms with E-state index in [0.29, 0.717) is 5.75 Å². The van der Waals surface area contributed by atoms with Gasteiger partial charge in [0, 0.05) is 18.7 Å². The summed E-state index contributed by atoms with van der Waals surface area (Å²) < 4.78 is 39.9. The van der Waals surface area contributed by atoms with Crippen LogP contribution in [-0.2, 0) is 26.2 Å². The lowest BCUT2D eigenvalue weighted by molar-refractivity contribution is -0.139. The number of rotatable bonds is 13. The number of ether oxygens (including phenoxy) is 2. The minimum atomic E-state index is -4.24. The zero-order valence-corrected chi connectivity index (χ0v) is 25.3. The predicted molar refractivity (Wildman–Crippen MR) is 160 cm³/mol. The number of anilines is 1. The summed E-state index contributed by atoms with van der Waals surface area (Å²) in [5, 5.41) is 2.94. The van der Waals surface area contributed by atoms with Gasteiger partial charge in [0.05, 0.1) is 24.8 Å². The molecular formula is C31H39N3O6S. The SMILES string of the molecule is CC[C@@H](C)NC(=O)[C@@H](C)N(Cc1cccc(C)c1)C(=O)CN(c1cc(OC)ccc1OC)S(=O)(=O)c1ccccc1. The lowest BCUT2D eigenvalue weighted by atomic mass is 10.1. The Morgan fingerprint density at radius 1 is 0.927 bits per heavy atom. The van der Waals surface area contributed by atoms with Crippen LogP contribution in [0.5, 0.6) is 11.5 Å². The first-order chi connectivity index (χ1) is 19.5. The van der Waals surface area contributed by atoms with Gasteiger partial charge in [-0.3, -0.25) is 13.9 Å². The van der Waals surface area contributed by atoms with Gasteiger partial charge in [-0.1, -0.05) is 55.0 Å². The highest BCUT2D eigenvalue weighted by molar-refractivity contribution is 7.92. The smallest absolute Gasteiger partial charge is 0.264 e. The Hall–Kier alpha value is -4.05. The number of hydrogen-bond acceptors (Lipinski definition) is 6. The maximum Gasteiger partial charge on any atom is 0.264 e. The summed E-state index contributed by atoms with van der Waals surface area (Å²) in [6.45, 7) is 6.98. The third-order valence-corrected chi connectivity index (χ3v) is 8.64. The summed E-state index contributed by atoms with van der Waals surface area (Å²) in [4.78, 5) is 28.7. The van der Waals surface area contributed by atoms with Gasteiger partial charge in [-0.05, 0) is 57.0 Å². The van der Waals surface area contributed by atoms with Crippen molar-refractivity contribution in [3.63, 3.8) is 0 Å². The molecule has 220 valence electrons. The Morgan fingerprint density at radius 2 is 1.63 bits per heavy atom. The van der Waals surface area contributed by atoms with Gasteiger partial charge in [0.15, 0.2) is 0 Å². The molecule has 3 rings (SSSR count). The summed E-state index contributed by atoms with van der Waals surface area (Å²) in [5.41, 5.74) is 1.95. The van der Waals surface area contributed by atoms with Crippen molar-refractivity contribution in [1.82, 2.24) is 10.2 Å². The fourth-order valence-corrected chi connectivity index (χ4v) is 5.72. The number of carbonyl (C=O) groups is 2. The third-order valence-electron chi connectivity index (χ3n) is 6.87. The van der Waals surface area contributed by atoms with Crippen LogP contribution in [0, 0.1) is 6.92 Å². The molecule has 1 N–H and O–H groups in total. The molecule has 2 amide bonds. The first-order valence-electron chi connectivity index (χ1n) is 13.5. The van der Waals surface area contributed by atoms with Crippen LogP contribution in [-0.4, -0.2) is 58.0 Å². The second-order valence-corrected chi connectivity index (χ2v) is 11.7. The van der Waals surface area contributed by atoms with Crippen LogP contribution in [0.15, 0.2) is 77.7 Å². The van der Waals surface area contributed by atoms with Crippen molar-refractivity contribution in [2.45, 2.75) is 57.6 Å². The summed E-state index contributed by atoms with van der Waals surface area (Å²) in [6, 6.07) is 19.3. The van der Waals surface area contributed by atoms with Gasteiger partial charge in [-0.15, -0.1) is 0 Å². The van der Waals surface area contributed by atoms with Crippen molar-refractivity contribution in [3.05, 3.63) is 83.9 Å². The summed E-state index contributed by atoms with van der Waals surface area (Å²) in [6.07, 6.45) is 0.725. The summed E-state index contributed by atoms with van der Waals surface area (Å²) >= 11 is 0. The van der Waals surface area contributed by atoms with E-state index in [1.807, 2.05) is 45.0 Å². The van der Waals surface area contributed by atoms with Crippen molar-refractivity contribution in [2.75, 3.05) is 25.1 Å². The van der Waals surface area contributed by atoms with Crippen LogP contribution < -0.4 is 19.1 Å². The van der Waals surface area contributed by atoms with E-state index >= 15 is 0 Å². The van der Waals surface area contributed by atoms with E-state index in [1.165, 1.54) is 37.3 Å². The normalized spacial score (nSPS) is 12.6. The Balaban J connectivity index is 2.10. The second-order valence-electron chi connectivity index (χ2n) is 9.87. The lowest BCUT2D eigenvalue weighted by Crippen LogP contribution is -2.52. The number of methoxy groups -OCH3 is 2. The molecule has 41 heavy (non-hydrogen) atoms. The molecule has 0 saturated carbocycles. The zero-order chi connectivity index (χ0) is 30.2. The number of hydrogen-bond donors (Lipinski definition) is 1. The van der Waals surface area contributed by atoms with Crippen molar-refractivity contribution in [2.24, 2.45) is 0 Å². The van der Waals surface area contributed by atoms with Crippen LogP contribution in [0.4, 0.5) is 5.69 Å². The second kappa shape index (κ2) is 14.0. The van der Waals surface area contributed by atoms with Gasteiger partial charge in [0.2, 0.25) is 11.8 Å². The first-order valence-corrected chi connectivity index (χ1v) is 14.9. The number of carbonyl (C=O) groups excluding carboxylic acids is 2. The molecule has 0 aromatic heterocycles. The molecule has 0 spiro atoms. The average Bonchev–Trinajstić information content (AvgIpc) is 2.98. The fraction of sp³-hybridized carbons (Fsp3) is 0.355. The van der Waals surface area contributed by atoms with Gasteiger partial charge < -0.3 is 19.7 Å². The Bertz CT molecular complexity index is 1450. The molecule has 0 radical (unpaired) electrons. The van der Waals surface area contributed by atoms with Crippen molar-refractivity contribution < 1.29 is 27.5 Å². The molecular weight excluding hydrogens is 542 g/mol. The molecule has 3 aromatic rings. The number of nitrogens with one attached hydrogen (secondary N) is 1. The molecule has 0 fully saturated rings. The molecule has 9 nitrogen and oxygen atoms in total. The molecule has 0 heterocycles. The predicted octanol–water partition coefficient (Wildman–Crippen LogP) is 4.54.